The first-order chi connectivity index (χ1) is 11.2. The number of hydrogen-bond acceptors (Lipinski definition) is 3. The van der Waals surface area contributed by atoms with Crippen molar-refractivity contribution in [1.29, 1.82) is 0 Å². The summed E-state index contributed by atoms with van der Waals surface area (Å²) >= 11 is 0. The minimum Gasteiger partial charge on any atom is -0.363 e. The highest BCUT2D eigenvalue weighted by molar-refractivity contribution is 6.12. The fourth-order valence-corrected chi connectivity index (χ4v) is 3.11. The first kappa shape index (κ1) is 13.7. The maximum atomic E-state index is 12.9. The molecule has 23 heavy (non-hydrogen) atoms. The van der Waals surface area contributed by atoms with Gasteiger partial charge in [0.2, 0.25) is 0 Å². The fraction of sp³-hybridized carbons (Fsp3) is 0.0526. The normalized spacial score (nSPS) is 19.7. The van der Waals surface area contributed by atoms with E-state index in [1.165, 1.54) is 4.90 Å². The molecule has 2 heterocycles. The molecule has 1 amide bonds. The first-order valence-corrected chi connectivity index (χ1v) is 7.35. The molecule has 1 unspecified atom stereocenters. The van der Waals surface area contributed by atoms with Crippen molar-refractivity contribution in [3.8, 4) is 0 Å². The topological polar surface area (TPSA) is 53.4 Å². The van der Waals surface area contributed by atoms with E-state index in [9.17, 15) is 9.90 Å². The monoisotopic (exact) mass is 302 g/mol. The van der Waals surface area contributed by atoms with Gasteiger partial charge < -0.3 is 5.11 Å². The van der Waals surface area contributed by atoms with Crippen molar-refractivity contribution in [2.24, 2.45) is 0 Å². The van der Waals surface area contributed by atoms with Gasteiger partial charge in [0, 0.05) is 34.8 Å². The van der Waals surface area contributed by atoms with Gasteiger partial charge in [-0.15, -0.1) is 0 Å². The summed E-state index contributed by atoms with van der Waals surface area (Å²) in [4.78, 5) is 18.4. The van der Waals surface area contributed by atoms with Crippen LogP contribution in [0.2, 0.25) is 0 Å². The average Bonchev–Trinajstić information content (AvgIpc) is 2.86. The van der Waals surface area contributed by atoms with Crippen LogP contribution < -0.4 is 4.90 Å². The Balaban J connectivity index is 2.01. The number of aliphatic hydroxyl groups is 1. The van der Waals surface area contributed by atoms with Crippen LogP contribution in [-0.2, 0) is 5.72 Å². The van der Waals surface area contributed by atoms with Crippen molar-refractivity contribution in [3.63, 3.8) is 0 Å². The van der Waals surface area contributed by atoms with Crippen LogP contribution in [0.3, 0.4) is 0 Å². The van der Waals surface area contributed by atoms with Gasteiger partial charge >= 0.3 is 0 Å². The summed E-state index contributed by atoms with van der Waals surface area (Å²) in [5, 5.41) is 11.6. The van der Waals surface area contributed by atoms with Crippen LogP contribution >= 0.6 is 0 Å². The van der Waals surface area contributed by atoms with Crippen molar-refractivity contribution in [1.82, 2.24) is 4.98 Å². The molecule has 4 nitrogen and oxygen atoms in total. The fourth-order valence-electron chi connectivity index (χ4n) is 3.11. The number of anilines is 1. The van der Waals surface area contributed by atoms with E-state index in [0.29, 0.717) is 22.4 Å². The van der Waals surface area contributed by atoms with E-state index >= 15 is 0 Å². The average molecular weight is 302 g/mol. The third-order valence-corrected chi connectivity index (χ3v) is 4.16. The number of nitrogens with zero attached hydrogens (tertiary/aromatic N) is 2. The van der Waals surface area contributed by atoms with E-state index in [1.54, 1.807) is 42.7 Å². The second-order valence-electron chi connectivity index (χ2n) is 5.43. The van der Waals surface area contributed by atoms with E-state index in [0.717, 1.165) is 0 Å². The van der Waals surface area contributed by atoms with Gasteiger partial charge in [0.15, 0.2) is 5.72 Å². The largest absolute Gasteiger partial charge is 0.363 e. The first-order valence-electron chi connectivity index (χ1n) is 7.35. The van der Waals surface area contributed by atoms with Crippen LogP contribution in [0.25, 0.3) is 0 Å². The summed E-state index contributed by atoms with van der Waals surface area (Å²) in [5.41, 5.74) is 0.802. The number of carbonyl (C=O) groups is 1. The molecule has 4 rings (SSSR count). The number of aromatic nitrogens is 1. The lowest BCUT2D eigenvalue weighted by molar-refractivity contribution is 0.0703. The molecule has 0 fully saturated rings. The number of rotatable bonds is 2. The molecule has 0 bridgehead atoms. The number of benzene rings is 2. The number of fused-ring (bicyclic) bond motifs is 1. The third-order valence-electron chi connectivity index (χ3n) is 4.16. The Morgan fingerprint density at radius 1 is 0.870 bits per heavy atom. The molecule has 1 N–H and O–H groups in total. The van der Waals surface area contributed by atoms with Crippen LogP contribution in [0, 0.1) is 0 Å². The molecule has 0 radical (unpaired) electrons. The van der Waals surface area contributed by atoms with E-state index in [1.807, 2.05) is 36.4 Å². The highest BCUT2D eigenvalue weighted by Crippen LogP contribution is 2.44. The Kier molecular flexibility index (Phi) is 2.99. The zero-order chi connectivity index (χ0) is 15.9. The van der Waals surface area contributed by atoms with Crippen molar-refractivity contribution in [2.75, 3.05) is 4.90 Å². The van der Waals surface area contributed by atoms with Gasteiger partial charge in [-0.25, -0.2) is 0 Å². The second kappa shape index (κ2) is 5.04. The summed E-state index contributed by atoms with van der Waals surface area (Å²) in [6, 6.07) is 19.8. The molecule has 112 valence electrons. The highest BCUT2D eigenvalue weighted by Gasteiger charge is 2.50. The highest BCUT2D eigenvalue weighted by atomic mass is 16.3. The SMILES string of the molecule is O=C1c2ccccc2C(O)(c2ccncc2)N1c1ccccc1. The van der Waals surface area contributed by atoms with E-state index in [2.05, 4.69) is 4.98 Å². The van der Waals surface area contributed by atoms with Crippen molar-refractivity contribution in [2.45, 2.75) is 5.72 Å². The quantitative estimate of drug-likeness (QED) is 0.792. The van der Waals surface area contributed by atoms with E-state index < -0.39 is 5.72 Å². The predicted molar refractivity (Wildman–Crippen MR) is 86.9 cm³/mol. The Morgan fingerprint density at radius 3 is 2.26 bits per heavy atom. The summed E-state index contributed by atoms with van der Waals surface area (Å²) < 4.78 is 0. The smallest absolute Gasteiger partial charge is 0.261 e. The maximum absolute atomic E-state index is 12.9. The minimum atomic E-state index is -1.54. The lowest BCUT2D eigenvalue weighted by Crippen LogP contribution is -2.45. The number of para-hydroxylation sites is 1. The number of hydrogen-bond donors (Lipinski definition) is 1. The van der Waals surface area contributed by atoms with Crippen LogP contribution in [0.5, 0.6) is 0 Å². The standard InChI is InChI=1S/C19H14N2O2/c22-18-16-8-4-5-9-17(16)19(23,14-10-12-20-13-11-14)21(18)15-6-2-1-3-7-15/h1-13,23H. The molecule has 0 saturated carbocycles. The molecule has 0 spiro atoms. The molecular formula is C19H14N2O2. The van der Waals surface area contributed by atoms with E-state index in [4.69, 9.17) is 0 Å². The maximum Gasteiger partial charge on any atom is 0.261 e. The number of pyridine rings is 1. The second-order valence-corrected chi connectivity index (χ2v) is 5.43. The Morgan fingerprint density at radius 2 is 1.52 bits per heavy atom. The minimum absolute atomic E-state index is 0.217. The molecule has 2 aromatic carbocycles. The van der Waals surface area contributed by atoms with Crippen LogP contribution in [0.1, 0.15) is 21.5 Å². The van der Waals surface area contributed by atoms with Gasteiger partial charge in [-0.2, -0.15) is 0 Å². The lowest BCUT2D eigenvalue weighted by atomic mass is 9.94. The molecule has 1 atom stereocenters. The Bertz CT molecular complexity index is 865. The molecule has 1 aromatic heterocycles. The third kappa shape index (κ3) is 1.89. The Hall–Kier alpha value is -2.98. The molecule has 1 aliphatic heterocycles. The summed E-state index contributed by atoms with van der Waals surface area (Å²) in [7, 11) is 0. The zero-order valence-corrected chi connectivity index (χ0v) is 12.3. The van der Waals surface area contributed by atoms with Gasteiger partial charge in [-0.05, 0) is 30.3 Å². The van der Waals surface area contributed by atoms with Crippen molar-refractivity contribution >= 4 is 11.6 Å². The van der Waals surface area contributed by atoms with Gasteiger partial charge in [0.05, 0.1) is 0 Å². The molecule has 0 aliphatic carbocycles. The van der Waals surface area contributed by atoms with Crippen molar-refractivity contribution < 1.29 is 9.90 Å². The number of carbonyl (C=O) groups excluding carboxylic acids is 1. The predicted octanol–water partition coefficient (Wildman–Crippen LogP) is 2.94. The van der Waals surface area contributed by atoms with E-state index in [-0.39, 0.29) is 5.91 Å². The molecular weight excluding hydrogens is 288 g/mol. The van der Waals surface area contributed by atoms with Crippen LogP contribution in [0.4, 0.5) is 5.69 Å². The summed E-state index contributed by atoms with van der Waals surface area (Å²) in [6.45, 7) is 0. The summed E-state index contributed by atoms with van der Waals surface area (Å²) in [5.74, 6) is -0.217. The van der Waals surface area contributed by atoms with Gasteiger partial charge in [0.1, 0.15) is 0 Å². The molecule has 0 saturated heterocycles. The van der Waals surface area contributed by atoms with Crippen molar-refractivity contribution in [3.05, 3.63) is 95.8 Å². The molecule has 3 aromatic rings. The molecule has 1 aliphatic rings. The van der Waals surface area contributed by atoms with Gasteiger partial charge in [0.25, 0.3) is 5.91 Å². The lowest BCUT2D eigenvalue weighted by Gasteiger charge is -2.34. The number of amides is 1. The summed E-state index contributed by atoms with van der Waals surface area (Å²) in [6.07, 6.45) is 3.23. The Labute approximate surface area is 133 Å². The zero-order valence-electron chi connectivity index (χ0n) is 12.3. The van der Waals surface area contributed by atoms with Gasteiger partial charge in [-0.1, -0.05) is 36.4 Å². The molecule has 4 heteroatoms. The van der Waals surface area contributed by atoms with Crippen LogP contribution in [0.15, 0.2) is 79.1 Å². The van der Waals surface area contributed by atoms with Gasteiger partial charge in [-0.3, -0.25) is 14.7 Å². The van der Waals surface area contributed by atoms with Crippen LogP contribution in [-0.4, -0.2) is 16.0 Å².